The van der Waals surface area contributed by atoms with Crippen LogP contribution < -0.4 is 14.8 Å². The fourth-order valence-corrected chi connectivity index (χ4v) is 2.94. The number of nitrogens with zero attached hydrogens (tertiary/aromatic N) is 1. The van der Waals surface area contributed by atoms with Crippen molar-refractivity contribution in [3.8, 4) is 11.5 Å². The topological polar surface area (TPSA) is 50.8 Å². The Kier molecular flexibility index (Phi) is 6.07. The summed E-state index contributed by atoms with van der Waals surface area (Å²) in [7, 11) is 3.25. The summed E-state index contributed by atoms with van der Waals surface area (Å²) < 4.78 is 10.6. The normalized spacial score (nSPS) is 17.3. The predicted octanol–water partition coefficient (Wildman–Crippen LogP) is 1.85. The molecule has 1 saturated heterocycles. The maximum Gasteiger partial charge on any atom is 0.227 e. The molecule has 0 aromatic heterocycles. The molecule has 5 nitrogen and oxygen atoms in total. The average Bonchev–Trinajstić information content (AvgIpc) is 3.06. The van der Waals surface area contributed by atoms with Crippen LogP contribution in [0.15, 0.2) is 18.2 Å². The van der Waals surface area contributed by atoms with Crippen molar-refractivity contribution in [1.82, 2.24) is 10.2 Å². The van der Waals surface area contributed by atoms with Crippen molar-refractivity contribution >= 4 is 5.91 Å². The van der Waals surface area contributed by atoms with E-state index in [0.29, 0.717) is 12.5 Å². The van der Waals surface area contributed by atoms with Crippen molar-refractivity contribution in [2.45, 2.75) is 32.2 Å². The highest BCUT2D eigenvalue weighted by molar-refractivity contribution is 5.80. The smallest absolute Gasteiger partial charge is 0.227 e. The maximum absolute atomic E-state index is 12.8. The van der Waals surface area contributed by atoms with Gasteiger partial charge in [0.25, 0.3) is 0 Å². The van der Waals surface area contributed by atoms with Gasteiger partial charge in [-0.15, -0.1) is 0 Å². The van der Waals surface area contributed by atoms with Crippen LogP contribution in [0.25, 0.3) is 0 Å². The largest absolute Gasteiger partial charge is 0.497 e. The number of rotatable bonds is 7. The number of carbonyl (C=O) groups excluding carboxylic acids is 1. The lowest BCUT2D eigenvalue weighted by atomic mass is 10.1. The molecular formula is C17H26N2O3. The molecule has 2 rings (SSSR count). The number of benzene rings is 1. The second-order valence-corrected chi connectivity index (χ2v) is 5.59. The molecule has 22 heavy (non-hydrogen) atoms. The summed E-state index contributed by atoms with van der Waals surface area (Å²) in [5, 5.41) is 3.33. The van der Waals surface area contributed by atoms with Crippen molar-refractivity contribution in [1.29, 1.82) is 0 Å². The van der Waals surface area contributed by atoms with Crippen molar-refractivity contribution in [2.24, 2.45) is 0 Å². The van der Waals surface area contributed by atoms with E-state index in [1.165, 1.54) is 0 Å². The van der Waals surface area contributed by atoms with Gasteiger partial charge in [0.15, 0.2) is 0 Å². The number of methoxy groups -OCH3 is 2. The molecule has 1 aliphatic heterocycles. The van der Waals surface area contributed by atoms with E-state index in [2.05, 4.69) is 12.2 Å². The molecule has 1 N–H and O–H groups in total. The van der Waals surface area contributed by atoms with Gasteiger partial charge in [-0.1, -0.05) is 6.92 Å². The van der Waals surface area contributed by atoms with Crippen LogP contribution in [0.3, 0.4) is 0 Å². The zero-order valence-corrected chi connectivity index (χ0v) is 13.7. The van der Waals surface area contributed by atoms with Crippen LogP contribution in [0.4, 0.5) is 0 Å². The summed E-state index contributed by atoms with van der Waals surface area (Å²) in [6.45, 7) is 4.79. The molecule has 1 aromatic rings. The Hall–Kier alpha value is -1.75. The molecule has 122 valence electrons. The molecule has 1 heterocycles. The van der Waals surface area contributed by atoms with E-state index >= 15 is 0 Å². The van der Waals surface area contributed by atoms with E-state index in [0.717, 1.165) is 49.5 Å². The average molecular weight is 306 g/mol. The minimum atomic E-state index is 0.155. The Morgan fingerprint density at radius 2 is 2.18 bits per heavy atom. The molecule has 1 fully saturated rings. The van der Waals surface area contributed by atoms with Gasteiger partial charge in [-0.2, -0.15) is 0 Å². The molecule has 1 atom stereocenters. The third kappa shape index (κ3) is 3.91. The van der Waals surface area contributed by atoms with Gasteiger partial charge in [0.1, 0.15) is 11.5 Å². The number of hydrogen-bond acceptors (Lipinski definition) is 4. The van der Waals surface area contributed by atoms with Gasteiger partial charge >= 0.3 is 0 Å². The minimum absolute atomic E-state index is 0.155. The molecule has 1 aromatic carbocycles. The minimum Gasteiger partial charge on any atom is -0.497 e. The second kappa shape index (κ2) is 8.03. The van der Waals surface area contributed by atoms with Crippen LogP contribution in [-0.4, -0.2) is 50.7 Å². The standard InChI is InChI=1S/C17H26N2O3/c1-4-9-19(14-7-8-18-12-14)17(20)11-13-10-15(21-2)5-6-16(13)22-3/h5-6,10,14,18H,4,7-9,11-12H2,1-3H3. The highest BCUT2D eigenvalue weighted by Crippen LogP contribution is 2.25. The number of amides is 1. The SMILES string of the molecule is CCCN(C(=O)Cc1cc(OC)ccc1OC)C1CCNC1. The van der Waals surface area contributed by atoms with Crippen molar-refractivity contribution < 1.29 is 14.3 Å². The lowest BCUT2D eigenvalue weighted by Crippen LogP contribution is -2.42. The predicted molar refractivity (Wildman–Crippen MR) is 86.5 cm³/mol. The molecule has 1 unspecified atom stereocenters. The first kappa shape index (κ1) is 16.6. The third-order valence-corrected chi connectivity index (χ3v) is 4.09. The molecular weight excluding hydrogens is 280 g/mol. The molecule has 0 aliphatic carbocycles. The summed E-state index contributed by atoms with van der Waals surface area (Å²) in [5.41, 5.74) is 0.874. The van der Waals surface area contributed by atoms with E-state index in [9.17, 15) is 4.79 Å². The van der Waals surface area contributed by atoms with Crippen molar-refractivity contribution in [3.63, 3.8) is 0 Å². The first-order valence-electron chi connectivity index (χ1n) is 7.90. The molecule has 5 heteroatoms. The number of carbonyl (C=O) groups is 1. The molecule has 1 amide bonds. The fourth-order valence-electron chi connectivity index (χ4n) is 2.94. The van der Waals surface area contributed by atoms with Gasteiger partial charge in [-0.25, -0.2) is 0 Å². The molecule has 0 saturated carbocycles. The molecule has 0 radical (unpaired) electrons. The lowest BCUT2D eigenvalue weighted by molar-refractivity contribution is -0.132. The van der Waals surface area contributed by atoms with E-state index in [4.69, 9.17) is 9.47 Å². The third-order valence-electron chi connectivity index (χ3n) is 4.09. The maximum atomic E-state index is 12.8. The van der Waals surface area contributed by atoms with Crippen molar-refractivity contribution in [2.75, 3.05) is 33.9 Å². The van der Waals surface area contributed by atoms with Crippen LogP contribution >= 0.6 is 0 Å². The Balaban J connectivity index is 2.14. The molecule has 0 bridgehead atoms. The summed E-state index contributed by atoms with van der Waals surface area (Å²) in [6, 6.07) is 5.89. The van der Waals surface area contributed by atoms with Gasteiger partial charge in [-0.3, -0.25) is 4.79 Å². The van der Waals surface area contributed by atoms with Gasteiger partial charge in [0.05, 0.1) is 20.6 Å². The fraction of sp³-hybridized carbons (Fsp3) is 0.588. The van der Waals surface area contributed by atoms with Crippen LogP contribution in [0, 0.1) is 0 Å². The quantitative estimate of drug-likeness (QED) is 0.835. The summed E-state index contributed by atoms with van der Waals surface area (Å²) >= 11 is 0. The number of hydrogen-bond donors (Lipinski definition) is 1. The first-order valence-corrected chi connectivity index (χ1v) is 7.90. The van der Waals surface area contributed by atoms with E-state index in [1.807, 2.05) is 23.1 Å². The van der Waals surface area contributed by atoms with Gasteiger partial charge < -0.3 is 19.7 Å². The van der Waals surface area contributed by atoms with Crippen molar-refractivity contribution in [3.05, 3.63) is 23.8 Å². The first-order chi connectivity index (χ1) is 10.7. The van der Waals surface area contributed by atoms with Crippen LogP contribution in [0.1, 0.15) is 25.3 Å². The Labute approximate surface area is 132 Å². The van der Waals surface area contributed by atoms with Gasteiger partial charge in [0.2, 0.25) is 5.91 Å². The Morgan fingerprint density at radius 3 is 2.77 bits per heavy atom. The van der Waals surface area contributed by atoms with E-state index < -0.39 is 0 Å². The summed E-state index contributed by atoms with van der Waals surface area (Å²) in [6.07, 6.45) is 2.34. The zero-order valence-electron chi connectivity index (χ0n) is 13.7. The highest BCUT2D eigenvalue weighted by Gasteiger charge is 2.26. The Bertz CT molecular complexity index is 499. The number of ether oxygens (including phenoxy) is 2. The summed E-state index contributed by atoms with van der Waals surface area (Å²) in [5.74, 6) is 1.63. The van der Waals surface area contributed by atoms with Crippen LogP contribution in [0.2, 0.25) is 0 Å². The van der Waals surface area contributed by atoms with Crippen LogP contribution in [-0.2, 0) is 11.2 Å². The second-order valence-electron chi connectivity index (χ2n) is 5.59. The van der Waals surface area contributed by atoms with Gasteiger partial charge in [0, 0.05) is 24.7 Å². The number of nitrogens with one attached hydrogen (secondary N) is 1. The van der Waals surface area contributed by atoms with E-state index in [1.54, 1.807) is 14.2 Å². The van der Waals surface area contributed by atoms with Crippen LogP contribution in [0.5, 0.6) is 11.5 Å². The molecule has 0 spiro atoms. The van der Waals surface area contributed by atoms with E-state index in [-0.39, 0.29) is 5.91 Å². The summed E-state index contributed by atoms with van der Waals surface area (Å²) in [4.78, 5) is 14.8. The van der Waals surface area contributed by atoms with Gasteiger partial charge in [-0.05, 0) is 37.6 Å². The Morgan fingerprint density at radius 1 is 1.36 bits per heavy atom. The monoisotopic (exact) mass is 306 g/mol. The lowest BCUT2D eigenvalue weighted by Gasteiger charge is -2.28. The zero-order chi connectivity index (χ0) is 15.9. The molecule has 1 aliphatic rings. The highest BCUT2D eigenvalue weighted by atomic mass is 16.5.